The van der Waals surface area contributed by atoms with Crippen LogP contribution in [-0.2, 0) is 11.3 Å². The Bertz CT molecular complexity index is 479. The molecule has 0 atom stereocenters. The van der Waals surface area contributed by atoms with Crippen molar-refractivity contribution >= 4 is 5.91 Å². The molecule has 0 radical (unpaired) electrons. The summed E-state index contributed by atoms with van der Waals surface area (Å²) in [6.45, 7) is 10.2. The molecule has 1 fully saturated rings. The van der Waals surface area contributed by atoms with Gasteiger partial charge < -0.3 is 10.2 Å². The maximum Gasteiger partial charge on any atom is 0.220 e. The van der Waals surface area contributed by atoms with Gasteiger partial charge in [0.15, 0.2) is 0 Å². The number of piperidine rings is 1. The Kier molecular flexibility index (Phi) is 5.74. The van der Waals surface area contributed by atoms with Crippen LogP contribution in [0.2, 0.25) is 0 Å². The summed E-state index contributed by atoms with van der Waals surface area (Å²) >= 11 is 0. The molecule has 1 N–H and O–H groups in total. The molecule has 1 amide bonds. The van der Waals surface area contributed by atoms with Gasteiger partial charge in [0.2, 0.25) is 5.91 Å². The molecule has 0 saturated carbocycles. The molecule has 4 nitrogen and oxygen atoms in total. The molecule has 1 aromatic rings. The predicted octanol–water partition coefficient (Wildman–Crippen LogP) is 2.44. The number of nitrogens with one attached hydrogen (secondary N) is 1. The highest BCUT2D eigenvalue weighted by atomic mass is 16.1. The highest BCUT2D eigenvalue weighted by molar-refractivity contribution is 5.76. The van der Waals surface area contributed by atoms with Crippen molar-refractivity contribution in [1.82, 2.24) is 15.2 Å². The number of aromatic nitrogens is 1. The molecular formula is C17H27N3O. The van der Waals surface area contributed by atoms with E-state index in [4.69, 9.17) is 0 Å². The molecule has 4 heteroatoms. The third-order valence-electron chi connectivity index (χ3n) is 4.46. The average Bonchev–Trinajstić information content (AvgIpc) is 2.47. The molecule has 116 valence electrons. The van der Waals surface area contributed by atoms with Gasteiger partial charge in [0.25, 0.3) is 0 Å². The Morgan fingerprint density at radius 2 is 2.10 bits per heavy atom. The fourth-order valence-corrected chi connectivity index (χ4v) is 2.94. The minimum absolute atomic E-state index is 0.171. The zero-order valence-electron chi connectivity index (χ0n) is 13.5. The van der Waals surface area contributed by atoms with Gasteiger partial charge in [-0.3, -0.25) is 9.78 Å². The first-order chi connectivity index (χ1) is 10.1. The molecule has 1 saturated heterocycles. The second-order valence-corrected chi connectivity index (χ2v) is 6.11. The number of rotatable bonds is 5. The third-order valence-corrected chi connectivity index (χ3v) is 4.46. The van der Waals surface area contributed by atoms with Gasteiger partial charge in [-0.05, 0) is 69.4 Å². The van der Waals surface area contributed by atoms with Crippen molar-refractivity contribution in [2.45, 2.75) is 46.6 Å². The van der Waals surface area contributed by atoms with Gasteiger partial charge in [-0.15, -0.1) is 0 Å². The molecule has 0 aliphatic carbocycles. The van der Waals surface area contributed by atoms with Gasteiger partial charge in [-0.2, -0.15) is 0 Å². The lowest BCUT2D eigenvalue weighted by atomic mass is 9.93. The van der Waals surface area contributed by atoms with E-state index in [1.54, 1.807) is 0 Å². The van der Waals surface area contributed by atoms with Gasteiger partial charge in [0.1, 0.15) is 0 Å². The van der Waals surface area contributed by atoms with Crippen LogP contribution in [0.1, 0.15) is 43.0 Å². The monoisotopic (exact) mass is 289 g/mol. The van der Waals surface area contributed by atoms with Crippen LogP contribution in [-0.4, -0.2) is 35.4 Å². The van der Waals surface area contributed by atoms with Gasteiger partial charge in [0.05, 0.1) is 0 Å². The molecule has 1 aliphatic heterocycles. The van der Waals surface area contributed by atoms with Gasteiger partial charge in [0, 0.05) is 24.9 Å². The first-order valence-electron chi connectivity index (χ1n) is 7.99. The van der Waals surface area contributed by atoms with E-state index in [9.17, 15) is 4.79 Å². The Morgan fingerprint density at radius 1 is 1.38 bits per heavy atom. The summed E-state index contributed by atoms with van der Waals surface area (Å²) in [5.41, 5.74) is 3.32. The number of amides is 1. The molecule has 0 bridgehead atoms. The molecule has 0 aromatic carbocycles. The Balaban J connectivity index is 1.75. The van der Waals surface area contributed by atoms with E-state index in [-0.39, 0.29) is 5.91 Å². The Hall–Kier alpha value is -1.42. The molecular weight excluding hydrogens is 262 g/mol. The van der Waals surface area contributed by atoms with Gasteiger partial charge in [-0.25, -0.2) is 0 Å². The number of pyridine rings is 1. The van der Waals surface area contributed by atoms with Crippen LogP contribution in [0, 0.1) is 19.8 Å². The number of hydrogen-bond acceptors (Lipinski definition) is 3. The summed E-state index contributed by atoms with van der Waals surface area (Å²) in [6, 6.07) is 2.06. The Labute approximate surface area is 127 Å². The number of carbonyl (C=O) groups excluding carboxylic acids is 1. The largest absolute Gasteiger partial charge is 0.352 e. The molecule has 1 aromatic heterocycles. The summed E-state index contributed by atoms with van der Waals surface area (Å²) in [7, 11) is 0. The minimum atomic E-state index is 0.171. The van der Waals surface area contributed by atoms with Crippen molar-refractivity contribution in [3.8, 4) is 0 Å². The van der Waals surface area contributed by atoms with Crippen LogP contribution < -0.4 is 5.32 Å². The number of hydrogen-bond donors (Lipinski definition) is 1. The number of aryl methyl sites for hydroxylation is 2. The van der Waals surface area contributed by atoms with Crippen LogP contribution in [0.3, 0.4) is 0 Å². The van der Waals surface area contributed by atoms with Crippen LogP contribution in [0.4, 0.5) is 0 Å². The molecule has 2 heterocycles. The first kappa shape index (κ1) is 16.0. The normalized spacial score (nSPS) is 16.9. The van der Waals surface area contributed by atoms with Crippen molar-refractivity contribution in [3.63, 3.8) is 0 Å². The van der Waals surface area contributed by atoms with Crippen molar-refractivity contribution in [2.24, 2.45) is 5.92 Å². The van der Waals surface area contributed by atoms with Crippen LogP contribution in [0.15, 0.2) is 12.3 Å². The zero-order valence-corrected chi connectivity index (χ0v) is 13.5. The quantitative estimate of drug-likeness (QED) is 0.905. The van der Waals surface area contributed by atoms with E-state index in [2.05, 4.69) is 35.1 Å². The van der Waals surface area contributed by atoms with Crippen LogP contribution >= 0.6 is 0 Å². The molecule has 0 spiro atoms. The molecule has 2 rings (SSSR count). The predicted molar refractivity (Wildman–Crippen MR) is 85.0 cm³/mol. The van der Waals surface area contributed by atoms with E-state index in [0.29, 0.717) is 18.9 Å². The number of nitrogens with zero attached hydrogens (tertiary/aromatic N) is 2. The summed E-state index contributed by atoms with van der Waals surface area (Å²) in [5, 5.41) is 3.04. The molecule has 0 unspecified atom stereocenters. The first-order valence-corrected chi connectivity index (χ1v) is 7.99. The summed E-state index contributed by atoms with van der Waals surface area (Å²) in [5.74, 6) is 0.718. The second kappa shape index (κ2) is 7.55. The highest BCUT2D eigenvalue weighted by Crippen LogP contribution is 2.20. The summed E-state index contributed by atoms with van der Waals surface area (Å²) < 4.78 is 0. The zero-order chi connectivity index (χ0) is 15.2. The summed E-state index contributed by atoms with van der Waals surface area (Å²) in [4.78, 5) is 18.8. The fourth-order valence-electron chi connectivity index (χ4n) is 2.94. The molecule has 1 aliphatic rings. The smallest absolute Gasteiger partial charge is 0.220 e. The lowest BCUT2D eigenvalue weighted by molar-refractivity contribution is -0.122. The van der Waals surface area contributed by atoms with Gasteiger partial charge >= 0.3 is 0 Å². The van der Waals surface area contributed by atoms with Gasteiger partial charge in [-0.1, -0.05) is 6.92 Å². The lowest BCUT2D eigenvalue weighted by Crippen LogP contribution is -2.35. The maximum absolute atomic E-state index is 12.1. The van der Waals surface area contributed by atoms with E-state index in [0.717, 1.165) is 43.7 Å². The number of carbonyl (C=O) groups is 1. The van der Waals surface area contributed by atoms with E-state index < -0.39 is 0 Å². The maximum atomic E-state index is 12.1. The van der Waals surface area contributed by atoms with Crippen molar-refractivity contribution in [2.75, 3.05) is 19.6 Å². The Morgan fingerprint density at radius 3 is 2.71 bits per heavy atom. The summed E-state index contributed by atoms with van der Waals surface area (Å²) in [6.07, 6.45) is 4.82. The standard InChI is InChI=1S/C17H27N3O/c1-4-20-7-5-15(6-8-20)10-17(21)19-12-16-11-18-14(3)9-13(16)2/h9,11,15H,4-8,10,12H2,1-3H3,(H,19,21). The fraction of sp³-hybridized carbons (Fsp3) is 0.647. The van der Waals surface area contributed by atoms with Crippen LogP contribution in [0.25, 0.3) is 0 Å². The SMILES string of the molecule is CCN1CCC(CC(=O)NCc2cnc(C)cc2C)CC1. The topological polar surface area (TPSA) is 45.2 Å². The second-order valence-electron chi connectivity index (χ2n) is 6.11. The van der Waals surface area contributed by atoms with E-state index >= 15 is 0 Å². The third kappa shape index (κ3) is 4.81. The van der Waals surface area contributed by atoms with Crippen molar-refractivity contribution in [1.29, 1.82) is 0 Å². The molecule has 21 heavy (non-hydrogen) atoms. The van der Waals surface area contributed by atoms with E-state index in [1.807, 2.05) is 13.1 Å². The van der Waals surface area contributed by atoms with Crippen molar-refractivity contribution in [3.05, 3.63) is 29.1 Å². The lowest BCUT2D eigenvalue weighted by Gasteiger charge is -2.30. The van der Waals surface area contributed by atoms with E-state index in [1.165, 1.54) is 5.56 Å². The highest BCUT2D eigenvalue weighted by Gasteiger charge is 2.20. The van der Waals surface area contributed by atoms with Crippen LogP contribution in [0.5, 0.6) is 0 Å². The number of likely N-dealkylation sites (tertiary alicyclic amines) is 1. The average molecular weight is 289 g/mol. The van der Waals surface area contributed by atoms with Crippen molar-refractivity contribution < 1.29 is 4.79 Å². The minimum Gasteiger partial charge on any atom is -0.352 e.